The summed E-state index contributed by atoms with van der Waals surface area (Å²) in [5, 5.41) is 0. The van der Waals surface area contributed by atoms with E-state index in [9.17, 15) is 4.79 Å². The predicted molar refractivity (Wildman–Crippen MR) is 89.3 cm³/mol. The van der Waals surface area contributed by atoms with Gasteiger partial charge in [-0.1, -0.05) is 24.3 Å². The topological polar surface area (TPSA) is 64.8 Å². The van der Waals surface area contributed by atoms with Crippen molar-refractivity contribution in [1.82, 2.24) is 0 Å². The molecule has 1 aliphatic rings. The van der Waals surface area contributed by atoms with Crippen molar-refractivity contribution in [3.05, 3.63) is 53.6 Å². The van der Waals surface area contributed by atoms with Crippen LogP contribution in [0.2, 0.25) is 0 Å². The minimum Gasteiger partial charge on any atom is -0.493 e. The standard InChI is InChI=1S/C18H20N2O3/c1-22-16-9-5-7-14(17(16)23-2)18(21)20-11-13(19)10-12-6-3-4-8-15(12)20/h3-9,13H,10-11,19H2,1-2H3. The van der Waals surface area contributed by atoms with E-state index >= 15 is 0 Å². The molecule has 2 N–H and O–H groups in total. The summed E-state index contributed by atoms with van der Waals surface area (Å²) < 4.78 is 10.7. The van der Waals surface area contributed by atoms with E-state index in [0.29, 0.717) is 23.6 Å². The van der Waals surface area contributed by atoms with Crippen LogP contribution in [0.25, 0.3) is 0 Å². The van der Waals surface area contributed by atoms with Crippen LogP contribution in [0.3, 0.4) is 0 Å². The lowest BCUT2D eigenvalue weighted by atomic mass is 9.97. The smallest absolute Gasteiger partial charge is 0.262 e. The van der Waals surface area contributed by atoms with Crippen LogP contribution < -0.4 is 20.1 Å². The number of nitrogens with two attached hydrogens (primary N) is 1. The quantitative estimate of drug-likeness (QED) is 0.944. The summed E-state index contributed by atoms with van der Waals surface area (Å²) in [6.07, 6.45) is 0.773. The highest BCUT2D eigenvalue weighted by Gasteiger charge is 2.29. The van der Waals surface area contributed by atoms with Crippen LogP contribution in [0.1, 0.15) is 15.9 Å². The number of amides is 1. The van der Waals surface area contributed by atoms with Crippen LogP contribution in [-0.4, -0.2) is 32.7 Å². The molecule has 0 aromatic heterocycles. The number of ether oxygens (including phenoxy) is 2. The molecule has 120 valence electrons. The molecule has 1 atom stereocenters. The van der Waals surface area contributed by atoms with Gasteiger partial charge in [-0.05, 0) is 30.2 Å². The number of anilines is 1. The molecule has 23 heavy (non-hydrogen) atoms. The van der Waals surface area contributed by atoms with Crippen molar-refractivity contribution in [3.63, 3.8) is 0 Å². The predicted octanol–water partition coefficient (Wildman–Crippen LogP) is 2.23. The fraction of sp³-hybridized carbons (Fsp3) is 0.278. The molecule has 2 aromatic carbocycles. The van der Waals surface area contributed by atoms with Gasteiger partial charge in [-0.3, -0.25) is 4.79 Å². The molecule has 2 aromatic rings. The summed E-state index contributed by atoms with van der Waals surface area (Å²) in [4.78, 5) is 14.8. The summed E-state index contributed by atoms with van der Waals surface area (Å²) >= 11 is 0. The van der Waals surface area contributed by atoms with Gasteiger partial charge in [0.15, 0.2) is 11.5 Å². The first kappa shape index (κ1) is 15.4. The number of hydrogen-bond acceptors (Lipinski definition) is 4. The third kappa shape index (κ3) is 2.75. The highest BCUT2D eigenvalue weighted by molar-refractivity contribution is 6.09. The lowest BCUT2D eigenvalue weighted by molar-refractivity contribution is 0.0980. The van der Waals surface area contributed by atoms with E-state index in [0.717, 1.165) is 17.7 Å². The summed E-state index contributed by atoms with van der Waals surface area (Å²) in [6, 6.07) is 13.1. The van der Waals surface area contributed by atoms with Crippen molar-refractivity contribution in [2.24, 2.45) is 5.73 Å². The van der Waals surface area contributed by atoms with Crippen LogP contribution in [0.15, 0.2) is 42.5 Å². The average Bonchev–Trinajstić information content (AvgIpc) is 2.59. The average molecular weight is 312 g/mol. The van der Waals surface area contributed by atoms with Crippen LogP contribution in [-0.2, 0) is 6.42 Å². The third-order valence-electron chi connectivity index (χ3n) is 4.06. The molecule has 0 fully saturated rings. The Morgan fingerprint density at radius 3 is 2.65 bits per heavy atom. The van der Waals surface area contributed by atoms with Crippen LogP contribution in [0.5, 0.6) is 11.5 Å². The van der Waals surface area contributed by atoms with E-state index in [1.165, 1.54) is 7.11 Å². The molecule has 1 heterocycles. The SMILES string of the molecule is COc1cccc(C(=O)N2CC(N)Cc3ccccc32)c1OC. The first-order valence-electron chi connectivity index (χ1n) is 7.52. The van der Waals surface area contributed by atoms with Crippen molar-refractivity contribution >= 4 is 11.6 Å². The van der Waals surface area contributed by atoms with Crippen molar-refractivity contribution < 1.29 is 14.3 Å². The van der Waals surface area contributed by atoms with Crippen molar-refractivity contribution in [1.29, 1.82) is 0 Å². The number of carbonyl (C=O) groups excluding carboxylic acids is 1. The number of rotatable bonds is 3. The highest BCUT2D eigenvalue weighted by atomic mass is 16.5. The number of fused-ring (bicyclic) bond motifs is 1. The Bertz CT molecular complexity index is 730. The van der Waals surface area contributed by atoms with Gasteiger partial charge in [0.25, 0.3) is 5.91 Å². The molecule has 0 saturated heterocycles. The van der Waals surface area contributed by atoms with E-state index in [4.69, 9.17) is 15.2 Å². The maximum Gasteiger partial charge on any atom is 0.262 e. The Labute approximate surface area is 135 Å². The van der Waals surface area contributed by atoms with Crippen molar-refractivity contribution in [2.45, 2.75) is 12.5 Å². The summed E-state index contributed by atoms with van der Waals surface area (Å²) in [7, 11) is 3.09. The molecule has 3 rings (SSSR count). The molecule has 0 saturated carbocycles. The second-order valence-electron chi connectivity index (χ2n) is 5.55. The number of hydrogen-bond donors (Lipinski definition) is 1. The zero-order chi connectivity index (χ0) is 16.4. The minimum absolute atomic E-state index is 0.0783. The Morgan fingerprint density at radius 1 is 1.13 bits per heavy atom. The molecular weight excluding hydrogens is 292 g/mol. The molecule has 5 heteroatoms. The van der Waals surface area contributed by atoms with Gasteiger partial charge >= 0.3 is 0 Å². The molecule has 1 amide bonds. The number of carbonyl (C=O) groups is 1. The lowest BCUT2D eigenvalue weighted by Gasteiger charge is -2.33. The maximum atomic E-state index is 13.1. The number of benzene rings is 2. The van der Waals surface area contributed by atoms with Crippen molar-refractivity contribution in [3.8, 4) is 11.5 Å². The first-order chi connectivity index (χ1) is 11.2. The van der Waals surface area contributed by atoms with Gasteiger partial charge in [-0.15, -0.1) is 0 Å². The van der Waals surface area contributed by atoms with Crippen molar-refractivity contribution in [2.75, 3.05) is 25.7 Å². The van der Waals surface area contributed by atoms with E-state index in [2.05, 4.69) is 0 Å². The molecular formula is C18H20N2O3. The van der Waals surface area contributed by atoms with Gasteiger partial charge in [0.1, 0.15) is 0 Å². The van der Waals surface area contributed by atoms with Crippen LogP contribution in [0.4, 0.5) is 5.69 Å². The zero-order valence-corrected chi connectivity index (χ0v) is 13.3. The second kappa shape index (κ2) is 6.30. The number of para-hydroxylation sites is 2. The Balaban J connectivity index is 2.05. The first-order valence-corrected chi connectivity index (χ1v) is 7.52. The number of nitrogens with zero attached hydrogens (tertiary/aromatic N) is 1. The monoisotopic (exact) mass is 312 g/mol. The lowest BCUT2D eigenvalue weighted by Crippen LogP contribution is -2.46. The Hall–Kier alpha value is -2.53. The van der Waals surface area contributed by atoms with Gasteiger partial charge in [0, 0.05) is 18.3 Å². The minimum atomic E-state index is -0.136. The van der Waals surface area contributed by atoms with Gasteiger partial charge in [0.05, 0.1) is 19.8 Å². The Kier molecular flexibility index (Phi) is 4.21. The molecule has 0 spiro atoms. The van der Waals surface area contributed by atoms with Crippen LogP contribution in [0, 0.1) is 0 Å². The largest absolute Gasteiger partial charge is 0.493 e. The van der Waals surface area contributed by atoms with Crippen LogP contribution >= 0.6 is 0 Å². The zero-order valence-electron chi connectivity index (χ0n) is 13.3. The Morgan fingerprint density at radius 2 is 1.91 bits per heavy atom. The third-order valence-corrected chi connectivity index (χ3v) is 4.06. The van der Waals surface area contributed by atoms with E-state index < -0.39 is 0 Å². The van der Waals surface area contributed by atoms with E-state index in [-0.39, 0.29) is 11.9 Å². The summed E-state index contributed by atoms with van der Waals surface area (Å²) in [5.74, 6) is 0.841. The second-order valence-corrected chi connectivity index (χ2v) is 5.55. The maximum absolute atomic E-state index is 13.1. The fourth-order valence-electron chi connectivity index (χ4n) is 3.02. The fourth-order valence-corrected chi connectivity index (χ4v) is 3.02. The van der Waals surface area contributed by atoms with Gasteiger partial charge in [0.2, 0.25) is 0 Å². The van der Waals surface area contributed by atoms with E-state index in [1.54, 1.807) is 30.2 Å². The number of methoxy groups -OCH3 is 2. The molecule has 0 bridgehead atoms. The summed E-state index contributed by atoms with van der Waals surface area (Å²) in [5.41, 5.74) is 8.59. The molecule has 1 unspecified atom stereocenters. The molecule has 0 radical (unpaired) electrons. The summed E-state index contributed by atoms with van der Waals surface area (Å²) in [6.45, 7) is 0.482. The van der Waals surface area contributed by atoms with Gasteiger partial charge in [-0.2, -0.15) is 0 Å². The molecule has 5 nitrogen and oxygen atoms in total. The van der Waals surface area contributed by atoms with E-state index in [1.807, 2.05) is 24.3 Å². The highest BCUT2D eigenvalue weighted by Crippen LogP contribution is 2.34. The molecule has 0 aliphatic carbocycles. The van der Waals surface area contributed by atoms with Gasteiger partial charge in [-0.25, -0.2) is 0 Å². The molecule has 1 aliphatic heterocycles. The van der Waals surface area contributed by atoms with Gasteiger partial charge < -0.3 is 20.1 Å². The normalized spacial score (nSPS) is 16.7.